The minimum atomic E-state index is -1.12. The van der Waals surface area contributed by atoms with E-state index in [-0.39, 0.29) is 5.56 Å². The molecule has 0 aromatic heterocycles. The topological polar surface area (TPSA) is 55.8 Å². The second-order valence-corrected chi connectivity index (χ2v) is 8.24. The van der Waals surface area contributed by atoms with Gasteiger partial charge in [0, 0.05) is 0 Å². The van der Waals surface area contributed by atoms with Crippen molar-refractivity contribution in [2.75, 3.05) is 4.90 Å². The van der Waals surface area contributed by atoms with Crippen LogP contribution in [0.25, 0.3) is 0 Å². The zero-order valence-corrected chi connectivity index (χ0v) is 16.9. The summed E-state index contributed by atoms with van der Waals surface area (Å²) in [5, 5.41) is 0. The molecule has 0 heterocycles. The van der Waals surface area contributed by atoms with Gasteiger partial charge in [-0.25, -0.2) is 18.4 Å². The molecular weight excluding hydrogens is 400 g/mol. The molecule has 0 N–H and O–H groups in total. The van der Waals surface area contributed by atoms with Gasteiger partial charge in [0.15, 0.2) is 5.82 Å². The summed E-state index contributed by atoms with van der Waals surface area (Å²) in [4.78, 5) is 25.5. The van der Waals surface area contributed by atoms with E-state index in [9.17, 15) is 18.4 Å². The van der Waals surface area contributed by atoms with Gasteiger partial charge in [0.1, 0.15) is 17.0 Å². The Hall–Kier alpha value is -1.70. The fraction of sp³-hybridized carbons (Fsp3) is 0.529. The summed E-state index contributed by atoms with van der Waals surface area (Å²) in [6, 6.07) is 1.00. The Morgan fingerprint density at radius 3 is 1.76 bits per heavy atom. The normalized spacial score (nSPS) is 11.9. The number of anilines is 1. The molecule has 5 nitrogen and oxygen atoms in total. The van der Waals surface area contributed by atoms with Crippen molar-refractivity contribution in [2.45, 2.75) is 59.7 Å². The van der Waals surface area contributed by atoms with Gasteiger partial charge in [-0.1, -0.05) is 0 Å². The second-order valence-electron chi connectivity index (χ2n) is 7.45. The highest BCUT2D eigenvalue weighted by Gasteiger charge is 2.36. The first-order chi connectivity index (χ1) is 11.1. The SMILES string of the molecule is Cc1cc(F)c(Br)c(F)c1N(C(=O)OC(C)(C)C)C(=O)OC(C)(C)C. The second kappa shape index (κ2) is 7.27. The van der Waals surface area contributed by atoms with Crippen LogP contribution in [-0.2, 0) is 9.47 Å². The monoisotopic (exact) mass is 421 g/mol. The maximum absolute atomic E-state index is 14.6. The van der Waals surface area contributed by atoms with Gasteiger partial charge in [0.2, 0.25) is 0 Å². The molecule has 0 saturated carbocycles. The van der Waals surface area contributed by atoms with Gasteiger partial charge in [-0.15, -0.1) is 0 Å². The Morgan fingerprint density at radius 1 is 1.00 bits per heavy atom. The molecule has 2 amide bonds. The molecule has 1 aromatic rings. The minimum absolute atomic E-state index is 0.0370. The van der Waals surface area contributed by atoms with Crippen LogP contribution in [0.5, 0.6) is 0 Å². The number of hydrogen-bond acceptors (Lipinski definition) is 4. The highest BCUT2D eigenvalue weighted by molar-refractivity contribution is 9.10. The first-order valence-electron chi connectivity index (χ1n) is 7.54. The number of carbonyl (C=O) groups is 2. The molecule has 0 fully saturated rings. The first-order valence-corrected chi connectivity index (χ1v) is 8.33. The van der Waals surface area contributed by atoms with Crippen molar-refractivity contribution in [1.82, 2.24) is 0 Å². The number of ether oxygens (including phenoxy) is 2. The number of hydrogen-bond donors (Lipinski definition) is 0. The van der Waals surface area contributed by atoms with Crippen molar-refractivity contribution >= 4 is 33.8 Å². The molecule has 1 rings (SSSR count). The lowest BCUT2D eigenvalue weighted by molar-refractivity contribution is 0.0428. The van der Waals surface area contributed by atoms with E-state index >= 15 is 0 Å². The Balaban J connectivity index is 3.50. The standard InChI is InChI=1S/C17H22BrF2NO4/c1-9-8-10(19)11(18)12(20)13(9)21(14(22)24-16(2,3)4)15(23)25-17(5,6)7/h8H,1-7H3. The molecule has 0 spiro atoms. The zero-order chi connectivity index (χ0) is 19.7. The van der Waals surface area contributed by atoms with Gasteiger partial charge in [-0.05, 0) is 76.0 Å². The van der Waals surface area contributed by atoms with Gasteiger partial charge in [-0.3, -0.25) is 0 Å². The van der Waals surface area contributed by atoms with E-state index in [2.05, 4.69) is 15.9 Å². The number of carbonyl (C=O) groups excluding carboxylic acids is 2. The zero-order valence-electron chi connectivity index (χ0n) is 15.3. The van der Waals surface area contributed by atoms with Crippen LogP contribution in [0.15, 0.2) is 10.5 Å². The van der Waals surface area contributed by atoms with Gasteiger partial charge >= 0.3 is 12.2 Å². The number of imide groups is 1. The van der Waals surface area contributed by atoms with E-state index in [0.717, 1.165) is 6.07 Å². The highest BCUT2D eigenvalue weighted by Crippen LogP contribution is 2.34. The van der Waals surface area contributed by atoms with Crippen molar-refractivity contribution in [1.29, 1.82) is 0 Å². The fourth-order valence-electron chi connectivity index (χ4n) is 1.85. The summed E-state index contributed by atoms with van der Waals surface area (Å²) in [6.07, 6.45) is -2.25. The molecule has 0 aliphatic carbocycles. The smallest absolute Gasteiger partial charge is 0.424 e. The highest BCUT2D eigenvalue weighted by atomic mass is 79.9. The Bertz CT molecular complexity index is 665. The third-order valence-electron chi connectivity index (χ3n) is 2.70. The number of amides is 2. The fourth-order valence-corrected chi connectivity index (χ4v) is 2.15. The van der Waals surface area contributed by atoms with Crippen molar-refractivity contribution in [3.8, 4) is 0 Å². The number of aryl methyl sites for hydroxylation is 1. The maximum Gasteiger partial charge on any atom is 0.424 e. The number of nitrogens with zero attached hydrogens (tertiary/aromatic N) is 1. The Kier molecular flexibility index (Phi) is 6.21. The molecule has 0 aliphatic heterocycles. The maximum atomic E-state index is 14.6. The average molecular weight is 422 g/mol. The van der Waals surface area contributed by atoms with Crippen LogP contribution >= 0.6 is 15.9 Å². The molecule has 0 atom stereocenters. The third-order valence-corrected chi connectivity index (χ3v) is 3.43. The molecule has 1 aromatic carbocycles. The summed E-state index contributed by atoms with van der Waals surface area (Å²) in [5.41, 5.74) is -2.26. The number of rotatable bonds is 1. The van der Waals surface area contributed by atoms with Gasteiger partial charge in [0.25, 0.3) is 0 Å². The van der Waals surface area contributed by atoms with E-state index in [1.54, 1.807) is 41.5 Å². The molecule has 0 unspecified atom stereocenters. The van der Waals surface area contributed by atoms with E-state index in [1.165, 1.54) is 6.92 Å². The molecule has 140 valence electrons. The lowest BCUT2D eigenvalue weighted by Crippen LogP contribution is -2.44. The first kappa shape index (κ1) is 21.3. The van der Waals surface area contributed by atoms with E-state index in [0.29, 0.717) is 4.90 Å². The van der Waals surface area contributed by atoms with Crippen LogP contribution in [0.1, 0.15) is 47.1 Å². The largest absolute Gasteiger partial charge is 0.443 e. The van der Waals surface area contributed by atoms with Gasteiger partial charge < -0.3 is 9.47 Å². The molecule has 8 heteroatoms. The summed E-state index contributed by atoms with van der Waals surface area (Å²) < 4.78 is 38.2. The van der Waals surface area contributed by atoms with Crippen LogP contribution in [0.4, 0.5) is 24.1 Å². The Labute approximate surface area is 154 Å². The predicted molar refractivity (Wildman–Crippen MR) is 93.7 cm³/mol. The van der Waals surface area contributed by atoms with E-state index < -0.39 is 45.2 Å². The minimum Gasteiger partial charge on any atom is -0.443 e. The van der Waals surface area contributed by atoms with Crippen LogP contribution in [0.2, 0.25) is 0 Å². The number of benzene rings is 1. The van der Waals surface area contributed by atoms with Crippen LogP contribution in [0, 0.1) is 18.6 Å². The summed E-state index contributed by atoms with van der Waals surface area (Å²) in [6.45, 7) is 11.0. The Morgan fingerprint density at radius 2 is 1.40 bits per heavy atom. The van der Waals surface area contributed by atoms with Crippen LogP contribution in [0.3, 0.4) is 0 Å². The summed E-state index contributed by atoms with van der Waals surface area (Å²) >= 11 is 2.77. The molecule has 0 saturated heterocycles. The third kappa shape index (κ3) is 5.66. The van der Waals surface area contributed by atoms with Gasteiger partial charge in [-0.2, -0.15) is 4.90 Å². The molecule has 0 bridgehead atoms. The van der Waals surface area contributed by atoms with E-state index in [4.69, 9.17) is 9.47 Å². The van der Waals surface area contributed by atoms with E-state index in [1.807, 2.05) is 0 Å². The molecule has 0 aliphatic rings. The van der Waals surface area contributed by atoms with Crippen molar-refractivity contribution in [2.24, 2.45) is 0 Å². The number of halogens is 3. The average Bonchev–Trinajstić information content (AvgIpc) is 2.36. The summed E-state index contributed by atoms with van der Waals surface area (Å²) in [7, 11) is 0. The van der Waals surface area contributed by atoms with Crippen LogP contribution in [-0.4, -0.2) is 23.4 Å². The molecule has 25 heavy (non-hydrogen) atoms. The molecular formula is C17H22BrF2NO4. The summed E-state index contributed by atoms with van der Waals surface area (Å²) in [5.74, 6) is -1.96. The quantitative estimate of drug-likeness (QED) is 0.544. The predicted octanol–water partition coefficient (Wildman–Crippen LogP) is 5.71. The van der Waals surface area contributed by atoms with Crippen LogP contribution < -0.4 is 4.90 Å². The molecule has 0 radical (unpaired) electrons. The van der Waals surface area contributed by atoms with Gasteiger partial charge in [0.05, 0.1) is 10.2 Å². The van der Waals surface area contributed by atoms with Crippen molar-refractivity contribution < 1.29 is 27.8 Å². The van der Waals surface area contributed by atoms with Crippen molar-refractivity contribution in [3.63, 3.8) is 0 Å². The lowest BCUT2D eigenvalue weighted by atomic mass is 10.1. The van der Waals surface area contributed by atoms with Crippen molar-refractivity contribution in [3.05, 3.63) is 27.7 Å². The lowest BCUT2D eigenvalue weighted by Gasteiger charge is -2.29.